The second kappa shape index (κ2) is 19.7. The normalized spacial score (nSPS) is 23.2. The number of carbonyl (C=O) groups excluding carboxylic acids is 2. The molecule has 8 rings (SSSR count). The molecule has 384 valence electrons. The minimum atomic E-state index is -5.07. The highest BCUT2D eigenvalue weighted by atomic mass is 32.2. The molecule has 24 heteroatoms. The Labute approximate surface area is 406 Å². The summed E-state index contributed by atoms with van der Waals surface area (Å²) in [4.78, 5) is 23.5. The van der Waals surface area contributed by atoms with Crippen molar-refractivity contribution in [1.29, 1.82) is 10.5 Å². The molecule has 4 aliphatic rings. The first-order valence-corrected chi connectivity index (χ1v) is 25.0. The van der Waals surface area contributed by atoms with Crippen LogP contribution in [0.5, 0.6) is 0 Å². The first-order chi connectivity index (χ1) is 33.6. The van der Waals surface area contributed by atoms with Crippen LogP contribution < -0.4 is 10.6 Å². The number of nitrogens with zero attached hydrogens (tertiary/aromatic N) is 2. The van der Waals surface area contributed by atoms with Gasteiger partial charge in [-0.05, 0) is 122 Å². The maximum absolute atomic E-state index is 14.0. The third kappa shape index (κ3) is 11.0. The molecule has 0 heterocycles. The van der Waals surface area contributed by atoms with Crippen molar-refractivity contribution >= 4 is 31.5 Å². The number of halogens is 10. The molecule has 72 heavy (non-hydrogen) atoms. The molecule has 12 nitrogen and oxygen atoms in total. The molecule has 4 aromatic rings. The second-order valence-electron chi connectivity index (χ2n) is 18.1. The monoisotopic (exact) mass is 1060 g/mol. The smallest absolute Gasteiger partial charge is 0.381 e. The molecule has 4 aliphatic carbocycles. The average molecular weight is 1060 g/mol. The summed E-state index contributed by atoms with van der Waals surface area (Å²) in [6.07, 6.45) is -11.0. The van der Waals surface area contributed by atoms with Crippen LogP contribution in [0.4, 0.5) is 43.9 Å². The van der Waals surface area contributed by atoms with Crippen LogP contribution >= 0.6 is 0 Å². The lowest BCUT2D eigenvalue weighted by Gasteiger charge is -2.19. The van der Waals surface area contributed by atoms with Crippen LogP contribution in [0.1, 0.15) is 62.5 Å². The number of sulfone groups is 2. The van der Waals surface area contributed by atoms with E-state index in [2.05, 4.69) is 10.6 Å². The lowest BCUT2D eigenvalue weighted by molar-refractivity contribution is -0.140. The summed E-state index contributed by atoms with van der Waals surface area (Å²) < 4.78 is 202. The highest BCUT2D eigenvalue weighted by Gasteiger charge is 2.53. The van der Waals surface area contributed by atoms with Gasteiger partial charge in [0.15, 0.2) is 42.9 Å². The van der Waals surface area contributed by atoms with Crippen molar-refractivity contribution in [2.24, 2.45) is 11.8 Å². The van der Waals surface area contributed by atoms with Crippen LogP contribution in [0.3, 0.4) is 0 Å². The van der Waals surface area contributed by atoms with Gasteiger partial charge in [0.25, 0.3) is 0 Å². The summed E-state index contributed by atoms with van der Waals surface area (Å²) in [5.74, 6) is -7.96. The maximum Gasteiger partial charge on any atom is 0.417 e. The zero-order valence-corrected chi connectivity index (χ0v) is 39.4. The van der Waals surface area contributed by atoms with Crippen molar-refractivity contribution in [3.05, 3.63) is 107 Å². The predicted molar refractivity (Wildman–Crippen MR) is 234 cm³/mol. The van der Waals surface area contributed by atoms with Gasteiger partial charge in [0.1, 0.15) is 11.1 Å². The lowest BCUT2D eigenvalue weighted by atomic mass is 10.0. The summed E-state index contributed by atoms with van der Waals surface area (Å²) in [7, 11) is -6.63. The maximum atomic E-state index is 14.0. The molecule has 0 spiro atoms. The fourth-order valence-electron chi connectivity index (χ4n) is 8.99. The largest absolute Gasteiger partial charge is 0.417 e. The Hall–Kier alpha value is -6.08. The van der Waals surface area contributed by atoms with Crippen molar-refractivity contribution in [3.8, 4) is 34.4 Å². The standard InChI is InChI=1S/2C24H21F5N2O4S/c2*1-35-20-11-15(10-16(20)22(32)31-23(12-30)6-7-23)36(33,34)21-5-3-13(8-17(21)24(27,28)29)14-2-4-18(25)19(26)9-14/h2*2-5,8-9,15-16,20H,6-7,10-11H2,1H3,(H,31,32)/t2*15-,16-,20-/m10/s1. The molecular formula is C48H42F10N4O8S2. The minimum Gasteiger partial charge on any atom is -0.381 e. The van der Waals surface area contributed by atoms with Crippen molar-refractivity contribution in [2.75, 3.05) is 14.2 Å². The first-order valence-electron chi connectivity index (χ1n) is 22.0. The molecule has 2 N–H and O–H groups in total. The minimum absolute atomic E-state index is 0.0631. The molecule has 4 fully saturated rings. The molecule has 4 aromatic carbocycles. The second-order valence-corrected chi connectivity index (χ2v) is 22.5. The summed E-state index contributed by atoms with van der Waals surface area (Å²) >= 11 is 0. The van der Waals surface area contributed by atoms with E-state index in [9.17, 15) is 80.9 Å². The predicted octanol–water partition coefficient (Wildman–Crippen LogP) is 8.78. The number of ether oxygens (including phenoxy) is 2. The van der Waals surface area contributed by atoms with E-state index in [-0.39, 0.29) is 47.9 Å². The molecular weight excluding hydrogens is 1010 g/mol. The fraction of sp³-hybridized carbons (Fsp3) is 0.417. The number of alkyl halides is 6. The molecule has 2 amide bonds. The van der Waals surface area contributed by atoms with Gasteiger partial charge in [0, 0.05) is 14.2 Å². The van der Waals surface area contributed by atoms with Crippen molar-refractivity contribution < 1.29 is 79.8 Å². The Morgan fingerprint density at radius 3 is 1.14 bits per heavy atom. The SMILES string of the molecule is CO[C@@H]1C[C@H](S(=O)(=O)c2ccc(-c3ccc(F)c(F)c3)cc2C(F)(F)F)C[C@H]1C(=O)NC1(C#N)CC1.CO[C@H]1C[C@@H](S(=O)(=O)c2ccc(-c3ccc(F)c(F)c3)cc2C(F)(F)F)C[C@@H]1C(=O)NC1(C#N)CC1. The number of nitrogens with one attached hydrogen (secondary N) is 2. The van der Waals surface area contributed by atoms with Crippen molar-refractivity contribution in [1.82, 2.24) is 10.6 Å². The Morgan fingerprint density at radius 1 is 0.542 bits per heavy atom. The van der Waals surface area contributed by atoms with E-state index in [0.29, 0.717) is 37.8 Å². The number of amides is 2. The first kappa shape index (κ1) is 53.7. The van der Waals surface area contributed by atoms with E-state index in [4.69, 9.17) is 9.47 Å². The molecule has 0 saturated heterocycles. The van der Waals surface area contributed by atoms with Gasteiger partial charge >= 0.3 is 12.4 Å². The molecule has 0 radical (unpaired) electrons. The average Bonchev–Trinajstić information content (AvgIpc) is 4.18. The van der Waals surface area contributed by atoms with E-state index in [1.54, 1.807) is 0 Å². The van der Waals surface area contributed by atoms with Crippen molar-refractivity contribution in [3.63, 3.8) is 0 Å². The van der Waals surface area contributed by atoms with Gasteiger partial charge in [0.2, 0.25) is 11.8 Å². The number of benzene rings is 4. The van der Waals surface area contributed by atoms with Gasteiger partial charge in [-0.3, -0.25) is 9.59 Å². The molecule has 0 unspecified atom stereocenters. The molecule has 4 saturated carbocycles. The summed E-state index contributed by atoms with van der Waals surface area (Å²) in [6, 6.07) is 14.0. The van der Waals surface area contributed by atoms with E-state index in [1.807, 2.05) is 12.1 Å². The van der Waals surface area contributed by atoms with Crippen LogP contribution in [-0.2, 0) is 51.1 Å². The van der Waals surface area contributed by atoms with E-state index >= 15 is 0 Å². The molecule has 0 aliphatic heterocycles. The quantitative estimate of drug-likeness (QED) is 0.130. The number of carbonyl (C=O) groups is 2. The Balaban J connectivity index is 0.000000211. The lowest BCUT2D eigenvalue weighted by Crippen LogP contribution is -2.42. The fourth-order valence-corrected chi connectivity index (χ4v) is 13.0. The van der Waals surface area contributed by atoms with Crippen molar-refractivity contribution in [2.45, 2.75) is 107 Å². The van der Waals surface area contributed by atoms with Gasteiger partial charge < -0.3 is 20.1 Å². The van der Waals surface area contributed by atoms with Crippen LogP contribution in [0.25, 0.3) is 22.3 Å². The third-order valence-corrected chi connectivity index (χ3v) is 17.9. The van der Waals surface area contributed by atoms with Crippen LogP contribution in [0.15, 0.2) is 82.6 Å². The Bertz CT molecular complexity index is 2910. The Morgan fingerprint density at radius 2 is 0.861 bits per heavy atom. The van der Waals surface area contributed by atoms with Gasteiger partial charge in [-0.2, -0.15) is 36.9 Å². The van der Waals surface area contributed by atoms with Crippen LogP contribution in [0.2, 0.25) is 0 Å². The summed E-state index contributed by atoms with van der Waals surface area (Å²) in [6.45, 7) is 0. The number of hydrogen-bond acceptors (Lipinski definition) is 10. The van der Waals surface area contributed by atoms with Gasteiger partial charge in [-0.25, -0.2) is 34.4 Å². The molecule has 6 atom stereocenters. The van der Waals surface area contributed by atoms with Gasteiger partial charge in [-0.15, -0.1) is 0 Å². The summed E-state index contributed by atoms with van der Waals surface area (Å²) in [5, 5.41) is 20.9. The third-order valence-electron chi connectivity index (χ3n) is 13.4. The zero-order chi connectivity index (χ0) is 52.9. The van der Waals surface area contributed by atoms with Crippen LogP contribution in [0, 0.1) is 57.8 Å². The topological polar surface area (TPSA) is 193 Å². The van der Waals surface area contributed by atoms with E-state index in [1.165, 1.54) is 14.2 Å². The zero-order valence-electron chi connectivity index (χ0n) is 37.8. The highest BCUT2D eigenvalue weighted by Crippen LogP contribution is 2.45. The van der Waals surface area contributed by atoms with E-state index < -0.39 is 134 Å². The van der Waals surface area contributed by atoms with Gasteiger partial charge in [0.05, 0.1) is 67.6 Å². The number of rotatable bonds is 12. The Kier molecular flexibility index (Phi) is 14.7. The molecule has 0 bridgehead atoms. The van der Waals surface area contributed by atoms with Crippen LogP contribution in [-0.4, -0.2) is 76.7 Å². The van der Waals surface area contributed by atoms with Gasteiger partial charge in [-0.1, -0.05) is 24.3 Å². The number of methoxy groups -OCH3 is 2. The number of nitriles is 2. The summed E-state index contributed by atoms with van der Waals surface area (Å²) in [5.41, 5.74) is -5.31. The molecule has 0 aromatic heterocycles. The van der Waals surface area contributed by atoms with E-state index in [0.717, 1.165) is 60.7 Å². The highest BCUT2D eigenvalue weighted by molar-refractivity contribution is 7.92. The number of hydrogen-bond donors (Lipinski definition) is 2.